The average molecular weight is 354 g/mol. The number of carbonyl (C=O) groups is 1. The molecule has 1 heterocycles. The standard InChI is InChI=1S/C20H22N2O2S/c1-4-14-9-10-16-18(11-14)25-20(21-16)22-19(23)12-24-17-8-6-5-7-15(17)13(2)3/h5-11,13H,4,12H2,1-3H3,(H,21,22,23). The van der Waals surface area contributed by atoms with Crippen LogP contribution in [-0.2, 0) is 11.2 Å². The lowest BCUT2D eigenvalue weighted by molar-refractivity contribution is -0.118. The highest BCUT2D eigenvalue weighted by atomic mass is 32.1. The molecule has 0 atom stereocenters. The Labute approximate surface area is 151 Å². The van der Waals surface area contributed by atoms with Gasteiger partial charge in [0.2, 0.25) is 0 Å². The predicted octanol–water partition coefficient (Wildman–Crippen LogP) is 5.00. The Balaban J connectivity index is 1.65. The Morgan fingerprint density at radius 2 is 2.04 bits per heavy atom. The van der Waals surface area contributed by atoms with Crippen LogP contribution >= 0.6 is 11.3 Å². The molecule has 0 aliphatic carbocycles. The van der Waals surface area contributed by atoms with Crippen molar-refractivity contribution in [3.8, 4) is 5.75 Å². The summed E-state index contributed by atoms with van der Waals surface area (Å²) in [6.45, 7) is 6.30. The maximum atomic E-state index is 12.2. The maximum Gasteiger partial charge on any atom is 0.264 e. The first kappa shape index (κ1) is 17.4. The molecule has 0 spiro atoms. The van der Waals surface area contributed by atoms with E-state index in [2.05, 4.69) is 43.2 Å². The van der Waals surface area contributed by atoms with Gasteiger partial charge < -0.3 is 4.74 Å². The number of amides is 1. The highest BCUT2D eigenvalue weighted by Crippen LogP contribution is 2.28. The van der Waals surface area contributed by atoms with Crippen molar-refractivity contribution in [1.82, 2.24) is 4.98 Å². The quantitative estimate of drug-likeness (QED) is 0.678. The second-order valence-corrected chi connectivity index (χ2v) is 7.23. The van der Waals surface area contributed by atoms with E-state index in [1.165, 1.54) is 16.9 Å². The summed E-state index contributed by atoms with van der Waals surface area (Å²) in [5.41, 5.74) is 3.27. The van der Waals surface area contributed by atoms with Crippen LogP contribution in [0.3, 0.4) is 0 Å². The molecule has 0 fully saturated rings. The fraction of sp³-hybridized carbons (Fsp3) is 0.300. The Kier molecular flexibility index (Phi) is 5.34. The van der Waals surface area contributed by atoms with E-state index in [4.69, 9.17) is 4.74 Å². The Hall–Kier alpha value is -2.40. The van der Waals surface area contributed by atoms with Crippen LogP contribution in [0.5, 0.6) is 5.75 Å². The first-order valence-corrected chi connectivity index (χ1v) is 9.29. The van der Waals surface area contributed by atoms with E-state index in [1.54, 1.807) is 0 Å². The zero-order valence-electron chi connectivity index (χ0n) is 14.7. The van der Waals surface area contributed by atoms with Crippen molar-refractivity contribution >= 4 is 32.6 Å². The van der Waals surface area contributed by atoms with E-state index in [9.17, 15) is 4.79 Å². The van der Waals surface area contributed by atoms with Crippen LogP contribution in [0.15, 0.2) is 42.5 Å². The van der Waals surface area contributed by atoms with Gasteiger partial charge in [-0.05, 0) is 41.7 Å². The lowest BCUT2D eigenvalue weighted by atomic mass is 10.0. The Bertz CT molecular complexity index is 886. The van der Waals surface area contributed by atoms with Gasteiger partial charge in [0.15, 0.2) is 11.7 Å². The second kappa shape index (κ2) is 7.66. The summed E-state index contributed by atoms with van der Waals surface area (Å²) in [5, 5.41) is 3.44. The van der Waals surface area contributed by atoms with Gasteiger partial charge in [0, 0.05) is 0 Å². The normalized spacial score (nSPS) is 11.0. The monoisotopic (exact) mass is 354 g/mol. The van der Waals surface area contributed by atoms with E-state index in [0.29, 0.717) is 11.0 Å². The van der Waals surface area contributed by atoms with Crippen molar-refractivity contribution < 1.29 is 9.53 Å². The smallest absolute Gasteiger partial charge is 0.264 e. The SMILES string of the molecule is CCc1ccc2nc(NC(=O)COc3ccccc3C(C)C)sc2c1. The maximum absolute atomic E-state index is 12.2. The van der Waals surface area contributed by atoms with Gasteiger partial charge in [-0.2, -0.15) is 0 Å². The van der Waals surface area contributed by atoms with Gasteiger partial charge in [0.05, 0.1) is 10.2 Å². The van der Waals surface area contributed by atoms with Crippen molar-refractivity contribution in [3.63, 3.8) is 0 Å². The van der Waals surface area contributed by atoms with Crippen LogP contribution in [0.4, 0.5) is 5.13 Å². The summed E-state index contributed by atoms with van der Waals surface area (Å²) >= 11 is 1.49. The number of carbonyl (C=O) groups excluding carboxylic acids is 1. The molecule has 25 heavy (non-hydrogen) atoms. The predicted molar refractivity (Wildman–Crippen MR) is 104 cm³/mol. The number of thiazole rings is 1. The van der Waals surface area contributed by atoms with Crippen molar-refractivity contribution in [1.29, 1.82) is 0 Å². The van der Waals surface area contributed by atoms with Gasteiger partial charge in [-0.25, -0.2) is 4.98 Å². The molecular weight excluding hydrogens is 332 g/mol. The molecule has 130 valence electrons. The molecule has 5 heteroatoms. The number of ether oxygens (including phenoxy) is 1. The molecule has 0 radical (unpaired) electrons. The highest BCUT2D eigenvalue weighted by molar-refractivity contribution is 7.22. The van der Waals surface area contributed by atoms with Gasteiger partial charge in [-0.1, -0.05) is 56.4 Å². The van der Waals surface area contributed by atoms with E-state index >= 15 is 0 Å². The largest absolute Gasteiger partial charge is 0.483 e. The number of aryl methyl sites for hydroxylation is 1. The van der Waals surface area contributed by atoms with Gasteiger partial charge in [0.25, 0.3) is 5.91 Å². The van der Waals surface area contributed by atoms with Crippen LogP contribution in [-0.4, -0.2) is 17.5 Å². The number of rotatable bonds is 6. The third-order valence-corrected chi connectivity index (χ3v) is 4.94. The number of hydrogen-bond donors (Lipinski definition) is 1. The Morgan fingerprint density at radius 1 is 1.24 bits per heavy atom. The van der Waals surface area contributed by atoms with Crippen molar-refractivity contribution in [2.24, 2.45) is 0 Å². The lowest BCUT2D eigenvalue weighted by Gasteiger charge is -2.13. The fourth-order valence-electron chi connectivity index (χ4n) is 2.63. The molecule has 3 aromatic rings. The molecule has 0 saturated heterocycles. The molecule has 2 aromatic carbocycles. The number of nitrogens with one attached hydrogen (secondary N) is 1. The zero-order chi connectivity index (χ0) is 17.8. The van der Waals surface area contributed by atoms with Crippen molar-refractivity contribution in [2.45, 2.75) is 33.1 Å². The van der Waals surface area contributed by atoms with Gasteiger partial charge in [-0.3, -0.25) is 10.1 Å². The molecule has 1 aromatic heterocycles. The molecule has 0 saturated carbocycles. The third-order valence-electron chi connectivity index (χ3n) is 4.01. The van der Waals surface area contributed by atoms with Gasteiger partial charge in [0.1, 0.15) is 5.75 Å². The van der Waals surface area contributed by atoms with Crippen LogP contribution < -0.4 is 10.1 Å². The first-order valence-electron chi connectivity index (χ1n) is 8.48. The molecular formula is C20H22N2O2S. The van der Waals surface area contributed by atoms with Crippen molar-refractivity contribution in [2.75, 3.05) is 11.9 Å². The zero-order valence-corrected chi connectivity index (χ0v) is 15.5. The number of hydrogen-bond acceptors (Lipinski definition) is 4. The van der Waals surface area contributed by atoms with E-state index in [0.717, 1.165) is 28.0 Å². The average Bonchev–Trinajstić information content (AvgIpc) is 3.01. The highest BCUT2D eigenvalue weighted by Gasteiger charge is 2.11. The fourth-order valence-corrected chi connectivity index (χ4v) is 3.58. The number of aromatic nitrogens is 1. The van der Waals surface area contributed by atoms with E-state index < -0.39 is 0 Å². The van der Waals surface area contributed by atoms with Crippen molar-refractivity contribution in [3.05, 3.63) is 53.6 Å². The third kappa shape index (κ3) is 4.17. The molecule has 0 unspecified atom stereocenters. The second-order valence-electron chi connectivity index (χ2n) is 6.20. The summed E-state index contributed by atoms with van der Waals surface area (Å²) in [7, 11) is 0. The molecule has 0 bridgehead atoms. The summed E-state index contributed by atoms with van der Waals surface area (Å²) in [6.07, 6.45) is 0.985. The first-order chi connectivity index (χ1) is 12.1. The van der Waals surface area contributed by atoms with Crippen LogP contribution in [0.2, 0.25) is 0 Å². The molecule has 0 aliphatic heterocycles. The lowest BCUT2D eigenvalue weighted by Crippen LogP contribution is -2.20. The van der Waals surface area contributed by atoms with Crippen LogP contribution in [0.1, 0.15) is 37.8 Å². The number of anilines is 1. The molecule has 4 nitrogen and oxygen atoms in total. The minimum atomic E-state index is -0.201. The molecule has 0 aliphatic rings. The van der Waals surface area contributed by atoms with Gasteiger partial charge >= 0.3 is 0 Å². The minimum absolute atomic E-state index is 0.0279. The van der Waals surface area contributed by atoms with Crippen LogP contribution in [0, 0.1) is 0 Å². The molecule has 1 amide bonds. The summed E-state index contributed by atoms with van der Waals surface area (Å²) < 4.78 is 6.79. The number of nitrogens with zero attached hydrogens (tertiary/aromatic N) is 1. The number of benzene rings is 2. The molecule has 3 rings (SSSR count). The molecule has 1 N–H and O–H groups in total. The number of para-hydroxylation sites is 1. The summed E-state index contributed by atoms with van der Waals surface area (Å²) in [6, 6.07) is 14.0. The van der Waals surface area contributed by atoms with Gasteiger partial charge in [-0.15, -0.1) is 0 Å². The topological polar surface area (TPSA) is 51.2 Å². The van der Waals surface area contributed by atoms with E-state index in [1.807, 2.05) is 30.3 Å². The number of fused-ring (bicyclic) bond motifs is 1. The van der Waals surface area contributed by atoms with E-state index in [-0.39, 0.29) is 12.5 Å². The minimum Gasteiger partial charge on any atom is -0.483 e. The Morgan fingerprint density at radius 3 is 2.80 bits per heavy atom. The summed E-state index contributed by atoms with van der Waals surface area (Å²) in [5.74, 6) is 0.897. The summed E-state index contributed by atoms with van der Waals surface area (Å²) in [4.78, 5) is 16.7. The van der Waals surface area contributed by atoms with Crippen LogP contribution in [0.25, 0.3) is 10.2 Å².